The Bertz CT molecular complexity index is 597. The van der Waals surface area contributed by atoms with Gasteiger partial charge in [-0.1, -0.05) is 0 Å². The third-order valence-corrected chi connectivity index (χ3v) is 7.86. The summed E-state index contributed by atoms with van der Waals surface area (Å²) >= 11 is 0. The van der Waals surface area contributed by atoms with E-state index in [1.54, 1.807) is 6.92 Å². The second kappa shape index (κ2) is 10.0. The standard InChI is InChI=1S/C20H33O5P/c1-7-26(5,6)13-18-10-8-17(9-11-18)12-24-19(22)20(3,14-23-4)15-25-16(2)21/h8-11,26H,7,12-15H2,1-6H3. The van der Waals surface area contributed by atoms with Gasteiger partial charge in [-0.2, -0.15) is 0 Å². The van der Waals surface area contributed by atoms with Gasteiger partial charge in [-0.25, -0.2) is 0 Å². The molecular weight excluding hydrogens is 351 g/mol. The first-order chi connectivity index (χ1) is 12.1. The van der Waals surface area contributed by atoms with Crippen LogP contribution >= 0.6 is 7.26 Å². The van der Waals surface area contributed by atoms with Crippen LogP contribution in [0.3, 0.4) is 0 Å². The molecule has 1 atom stereocenters. The van der Waals surface area contributed by atoms with Crippen molar-refractivity contribution in [3.63, 3.8) is 0 Å². The molecule has 1 aromatic carbocycles. The first-order valence-corrected chi connectivity index (χ1v) is 12.4. The minimum atomic E-state index is -1.17. The van der Waals surface area contributed by atoms with Gasteiger partial charge in [0.25, 0.3) is 0 Å². The van der Waals surface area contributed by atoms with Crippen LogP contribution in [0.4, 0.5) is 0 Å². The molecule has 6 heteroatoms. The Kier molecular flexibility index (Phi) is 8.72. The summed E-state index contributed by atoms with van der Waals surface area (Å²) in [6, 6.07) is 8.23. The van der Waals surface area contributed by atoms with E-state index in [1.165, 1.54) is 25.8 Å². The number of ether oxygens (including phenoxy) is 3. The van der Waals surface area contributed by atoms with E-state index in [-0.39, 0.29) is 19.8 Å². The molecule has 0 bridgehead atoms. The van der Waals surface area contributed by atoms with Crippen molar-refractivity contribution in [2.75, 3.05) is 39.8 Å². The van der Waals surface area contributed by atoms with Gasteiger partial charge in [0, 0.05) is 6.92 Å². The summed E-state index contributed by atoms with van der Waals surface area (Å²) in [5.74, 6) is -0.876. The number of benzene rings is 1. The Morgan fingerprint density at radius 3 is 2.12 bits per heavy atom. The van der Waals surface area contributed by atoms with Crippen molar-refractivity contribution in [1.29, 1.82) is 0 Å². The summed E-state index contributed by atoms with van der Waals surface area (Å²) in [6.07, 6.45) is 2.41. The van der Waals surface area contributed by atoms with E-state index in [0.717, 1.165) is 11.7 Å². The molecule has 0 aliphatic heterocycles. The van der Waals surface area contributed by atoms with E-state index in [0.29, 0.717) is 0 Å². The molecular formula is C20H33O5P. The molecule has 0 saturated carbocycles. The third kappa shape index (κ3) is 7.43. The van der Waals surface area contributed by atoms with Gasteiger partial charge < -0.3 is 0 Å². The number of esters is 2. The van der Waals surface area contributed by atoms with Gasteiger partial charge in [-0.3, -0.25) is 4.79 Å². The van der Waals surface area contributed by atoms with Crippen LogP contribution in [0, 0.1) is 5.41 Å². The number of carbonyl (C=O) groups excluding carboxylic acids is 2. The Balaban J connectivity index is 2.65. The molecule has 0 heterocycles. The average Bonchev–Trinajstić information content (AvgIpc) is 2.59. The number of carbonyl (C=O) groups is 2. The predicted octanol–water partition coefficient (Wildman–Crippen LogP) is 3.48. The summed E-state index contributed by atoms with van der Waals surface area (Å²) < 4.78 is 15.5. The van der Waals surface area contributed by atoms with Crippen LogP contribution in [-0.2, 0) is 36.6 Å². The van der Waals surface area contributed by atoms with Crippen LogP contribution in [0.5, 0.6) is 0 Å². The molecule has 0 fully saturated rings. The average molecular weight is 384 g/mol. The summed E-state index contributed by atoms with van der Waals surface area (Å²) in [6.45, 7) is 10.3. The van der Waals surface area contributed by atoms with Gasteiger partial charge in [-0.05, 0) is 0 Å². The Morgan fingerprint density at radius 2 is 1.62 bits per heavy atom. The molecule has 0 N–H and O–H groups in total. The zero-order valence-corrected chi connectivity index (χ0v) is 17.9. The maximum atomic E-state index is 12.4. The second-order valence-electron chi connectivity index (χ2n) is 7.86. The minimum absolute atomic E-state index is 0.0648. The fraction of sp³-hybridized carbons (Fsp3) is 0.600. The van der Waals surface area contributed by atoms with Crippen molar-refractivity contribution >= 4 is 19.2 Å². The monoisotopic (exact) mass is 384 g/mol. The Labute approximate surface area is 157 Å². The van der Waals surface area contributed by atoms with Crippen molar-refractivity contribution in [2.45, 2.75) is 33.5 Å². The fourth-order valence-electron chi connectivity index (χ4n) is 2.49. The summed E-state index contributed by atoms with van der Waals surface area (Å²) in [4.78, 5) is 23.5. The normalized spacial score (nSPS) is 14.4. The van der Waals surface area contributed by atoms with Crippen LogP contribution < -0.4 is 0 Å². The van der Waals surface area contributed by atoms with Crippen molar-refractivity contribution < 1.29 is 23.8 Å². The van der Waals surface area contributed by atoms with E-state index in [4.69, 9.17) is 14.2 Å². The van der Waals surface area contributed by atoms with E-state index in [2.05, 4.69) is 32.4 Å². The first kappa shape index (κ1) is 22.6. The van der Waals surface area contributed by atoms with E-state index < -0.39 is 24.6 Å². The number of hydrogen-bond donors (Lipinski definition) is 0. The van der Waals surface area contributed by atoms with Crippen LogP contribution in [0.2, 0.25) is 0 Å². The molecule has 0 spiro atoms. The molecule has 148 valence electrons. The first-order valence-electron chi connectivity index (χ1n) is 8.99. The van der Waals surface area contributed by atoms with Crippen LogP contribution in [0.15, 0.2) is 24.3 Å². The van der Waals surface area contributed by atoms with E-state index in [1.807, 2.05) is 12.1 Å². The molecule has 0 aliphatic carbocycles. The second-order valence-corrected chi connectivity index (χ2v) is 13.3. The molecule has 1 rings (SSSR count). The number of methoxy groups -OCH3 is 1. The van der Waals surface area contributed by atoms with Gasteiger partial charge >= 0.3 is 145 Å². The van der Waals surface area contributed by atoms with Crippen LogP contribution in [-0.4, -0.2) is 51.8 Å². The van der Waals surface area contributed by atoms with Crippen molar-refractivity contribution in [2.24, 2.45) is 5.41 Å². The quantitative estimate of drug-likeness (QED) is 0.457. The van der Waals surface area contributed by atoms with Crippen LogP contribution in [0.1, 0.15) is 31.9 Å². The zero-order valence-electron chi connectivity index (χ0n) is 16.9. The van der Waals surface area contributed by atoms with E-state index >= 15 is 0 Å². The summed E-state index contributed by atoms with van der Waals surface area (Å²) in [7, 11) is 0.334. The molecule has 0 aromatic heterocycles. The van der Waals surface area contributed by atoms with Crippen molar-refractivity contribution in [1.82, 2.24) is 0 Å². The fourth-order valence-corrected chi connectivity index (χ4v) is 4.08. The number of rotatable bonds is 10. The van der Waals surface area contributed by atoms with Gasteiger partial charge in [0.1, 0.15) is 0 Å². The number of hydrogen-bond acceptors (Lipinski definition) is 5. The van der Waals surface area contributed by atoms with Crippen molar-refractivity contribution in [3.05, 3.63) is 35.4 Å². The molecule has 1 unspecified atom stereocenters. The molecule has 0 aliphatic rings. The maximum absolute atomic E-state index is 12.4. The third-order valence-electron chi connectivity index (χ3n) is 4.58. The zero-order chi connectivity index (χ0) is 19.8. The Morgan fingerprint density at radius 1 is 1.04 bits per heavy atom. The van der Waals surface area contributed by atoms with Gasteiger partial charge in [0.2, 0.25) is 0 Å². The van der Waals surface area contributed by atoms with Crippen LogP contribution in [0.25, 0.3) is 0 Å². The topological polar surface area (TPSA) is 61.8 Å². The molecule has 0 saturated heterocycles. The molecule has 5 nitrogen and oxygen atoms in total. The molecule has 1 aromatic rings. The summed E-state index contributed by atoms with van der Waals surface area (Å²) in [5.41, 5.74) is 1.25. The SMILES string of the molecule is CC[PH](C)(C)Cc1ccc(COC(=O)C(C)(COC)COC(C)=O)cc1. The van der Waals surface area contributed by atoms with Crippen molar-refractivity contribution in [3.8, 4) is 0 Å². The van der Waals surface area contributed by atoms with Gasteiger partial charge in [0.05, 0.1) is 0 Å². The van der Waals surface area contributed by atoms with Gasteiger partial charge in [-0.15, -0.1) is 0 Å². The van der Waals surface area contributed by atoms with E-state index in [9.17, 15) is 9.59 Å². The molecule has 0 radical (unpaired) electrons. The Hall–Kier alpha value is -1.45. The summed E-state index contributed by atoms with van der Waals surface area (Å²) in [5, 5.41) is 0. The van der Waals surface area contributed by atoms with Gasteiger partial charge in [0.15, 0.2) is 0 Å². The predicted molar refractivity (Wildman–Crippen MR) is 107 cm³/mol. The molecule has 0 amide bonds. The molecule has 26 heavy (non-hydrogen) atoms.